The highest BCUT2D eigenvalue weighted by Gasteiger charge is 2.17. The second kappa shape index (κ2) is 10.1. The van der Waals surface area contributed by atoms with Crippen LogP contribution < -0.4 is 4.97 Å². The van der Waals surface area contributed by atoms with Gasteiger partial charge in [-0.05, 0) is 28.3 Å². The van der Waals surface area contributed by atoms with E-state index in [0.29, 0.717) is 23.2 Å². The second-order valence-electron chi connectivity index (χ2n) is 7.31. The topological polar surface area (TPSA) is 116 Å². The van der Waals surface area contributed by atoms with Gasteiger partial charge in [0.1, 0.15) is 16.7 Å². The molecule has 1 N–H and O–H groups in total. The highest BCUT2D eigenvalue weighted by molar-refractivity contribution is 6.30. The molecule has 0 aliphatic heterocycles. The van der Waals surface area contributed by atoms with E-state index in [2.05, 4.69) is 66.9 Å². The van der Waals surface area contributed by atoms with E-state index >= 15 is 0 Å². The summed E-state index contributed by atoms with van der Waals surface area (Å²) < 4.78 is 1.98. The van der Waals surface area contributed by atoms with Crippen LogP contribution in [0.15, 0.2) is 53.6 Å². The summed E-state index contributed by atoms with van der Waals surface area (Å²) in [5.74, 6) is 1.44. The molecule has 0 spiro atoms. The normalized spacial score (nSPS) is 10.8. The van der Waals surface area contributed by atoms with Crippen molar-refractivity contribution in [2.24, 2.45) is 5.11 Å². The Morgan fingerprint density at radius 1 is 1.12 bits per heavy atom. The molecular weight excluding hydrogens is 428 g/mol. The van der Waals surface area contributed by atoms with E-state index in [1.165, 1.54) is 0 Å². The van der Waals surface area contributed by atoms with Crippen LogP contribution in [0.4, 0.5) is 0 Å². The van der Waals surface area contributed by atoms with E-state index in [9.17, 15) is 4.91 Å². The first-order chi connectivity index (χ1) is 15.7. The fraction of sp³-hybridized carbons (Fsp3) is 0.273. The summed E-state index contributed by atoms with van der Waals surface area (Å²) >= 11 is 6.57. The number of nitrogens with one attached hydrogen (secondary N) is 1. The number of aromatic nitrogens is 6. The maximum atomic E-state index is 10.4. The first kappa shape index (κ1) is 21.5. The Labute approximate surface area is 189 Å². The largest absolute Gasteiger partial charge is 0.388 e. The molecule has 0 fully saturated rings. The highest BCUT2D eigenvalue weighted by Crippen LogP contribution is 2.30. The summed E-state index contributed by atoms with van der Waals surface area (Å²) in [7, 11) is 0. The molecule has 9 nitrogen and oxygen atoms in total. The van der Waals surface area contributed by atoms with Gasteiger partial charge in [-0.15, -0.1) is 10.2 Å². The van der Waals surface area contributed by atoms with Gasteiger partial charge in [0.25, 0.3) is 0 Å². The molecule has 4 aromatic rings. The molecule has 2 aromatic heterocycles. The van der Waals surface area contributed by atoms with Gasteiger partial charge in [0.05, 0.1) is 6.54 Å². The average Bonchev–Trinajstić information content (AvgIpc) is 3.46. The smallest absolute Gasteiger partial charge is 0.314 e. The van der Waals surface area contributed by atoms with Gasteiger partial charge in [-0.1, -0.05) is 73.5 Å². The van der Waals surface area contributed by atoms with E-state index in [4.69, 9.17) is 11.6 Å². The minimum Gasteiger partial charge on any atom is -0.314 e. The third-order valence-electron chi connectivity index (χ3n) is 5.20. The van der Waals surface area contributed by atoms with Crippen LogP contribution in [0.2, 0.25) is 5.15 Å². The lowest BCUT2D eigenvalue weighted by Gasteiger charge is -2.11. The number of tetrazole rings is 1. The first-order valence-corrected chi connectivity index (χ1v) is 10.7. The number of nitrogens with zero attached hydrogens (tertiary/aromatic N) is 7. The van der Waals surface area contributed by atoms with E-state index in [1.807, 2.05) is 28.8 Å². The Kier molecular flexibility index (Phi) is 6.79. The number of rotatable bonds is 9. The number of halogens is 1. The number of H-pyrrole nitrogens is 1. The molecular formula is C22H22ClN8O+. The molecule has 2 aromatic carbocycles. The van der Waals surface area contributed by atoms with Crippen LogP contribution in [0.3, 0.4) is 0 Å². The first-order valence-electron chi connectivity index (χ1n) is 10.4. The molecule has 0 amide bonds. The minimum atomic E-state index is 0.0836. The molecule has 0 atom stereocenters. The summed E-state index contributed by atoms with van der Waals surface area (Å²) in [6.45, 7) is 2.79. The van der Waals surface area contributed by atoms with Crippen LogP contribution in [-0.2, 0) is 19.5 Å². The number of hydrogen-bond acceptors (Lipinski definition) is 6. The van der Waals surface area contributed by atoms with Crippen molar-refractivity contribution < 1.29 is 0 Å². The Morgan fingerprint density at radius 3 is 2.59 bits per heavy atom. The van der Waals surface area contributed by atoms with Crippen LogP contribution in [0, 0.1) is 4.91 Å². The van der Waals surface area contributed by atoms with Gasteiger partial charge in [0.2, 0.25) is 5.82 Å². The number of benzene rings is 2. The maximum absolute atomic E-state index is 10.4. The number of unbranched alkanes of at least 4 members (excludes halogenated alkanes) is 1. The monoisotopic (exact) mass is 449 g/mol. The van der Waals surface area contributed by atoms with Gasteiger partial charge in [-0.25, -0.2) is 4.98 Å². The van der Waals surface area contributed by atoms with Crippen LogP contribution in [-0.4, -0.2) is 30.2 Å². The quantitative estimate of drug-likeness (QED) is 0.297. The highest BCUT2D eigenvalue weighted by atomic mass is 35.5. The van der Waals surface area contributed by atoms with Gasteiger partial charge in [0, 0.05) is 12.0 Å². The van der Waals surface area contributed by atoms with Crippen molar-refractivity contribution in [3.05, 3.63) is 75.7 Å². The van der Waals surface area contributed by atoms with Crippen LogP contribution in [0.25, 0.3) is 22.5 Å². The molecule has 0 unspecified atom stereocenters. The lowest BCUT2D eigenvalue weighted by Crippen LogP contribution is -2.05. The zero-order valence-electron chi connectivity index (χ0n) is 17.6. The number of nitroso groups, excluding NO2 is 1. The zero-order valence-corrected chi connectivity index (χ0v) is 18.3. The number of imidazole rings is 1. The summed E-state index contributed by atoms with van der Waals surface area (Å²) in [6, 6.07) is 16.2. The Morgan fingerprint density at radius 2 is 1.91 bits per heavy atom. The predicted octanol–water partition coefficient (Wildman–Crippen LogP) is 4.56. The standard InChI is InChI=1S/C22H21ClN8O/c1-2-3-8-20-25-19(13-24-30-32)21(23)31(20)14-15-9-11-16(12-10-15)17-6-4-5-7-18(17)22-26-28-29-27-22/h4-7,9-12H,2-3,8,13-14H2,1H3/p+1. The summed E-state index contributed by atoms with van der Waals surface area (Å²) in [6.07, 6.45) is 2.86. The molecule has 0 aliphatic rings. The lowest BCUT2D eigenvalue weighted by atomic mass is 9.98. The fourth-order valence-corrected chi connectivity index (χ4v) is 3.85. The fourth-order valence-electron chi connectivity index (χ4n) is 3.59. The van der Waals surface area contributed by atoms with Gasteiger partial charge < -0.3 is 4.57 Å². The van der Waals surface area contributed by atoms with Crippen molar-refractivity contribution in [2.45, 2.75) is 39.3 Å². The van der Waals surface area contributed by atoms with E-state index in [1.54, 1.807) is 0 Å². The molecule has 4 rings (SSSR count). The zero-order chi connectivity index (χ0) is 22.3. The van der Waals surface area contributed by atoms with Crippen molar-refractivity contribution in [3.63, 3.8) is 0 Å². The third-order valence-corrected chi connectivity index (χ3v) is 5.62. The van der Waals surface area contributed by atoms with Crippen LogP contribution in [0.5, 0.6) is 0 Å². The molecule has 0 saturated heterocycles. The SMILES string of the molecule is CCCCc1nc(CN=[N+]=O)c(Cl)n1Cc1ccc(-c2ccccc2-c2nn[nH]n2)cc1. The molecule has 32 heavy (non-hydrogen) atoms. The molecule has 0 bridgehead atoms. The van der Waals surface area contributed by atoms with E-state index in [-0.39, 0.29) is 6.54 Å². The molecule has 2 heterocycles. The molecule has 162 valence electrons. The Bertz CT molecular complexity index is 1230. The molecule has 10 heteroatoms. The molecule has 0 aliphatic carbocycles. The van der Waals surface area contributed by atoms with E-state index in [0.717, 1.165) is 47.3 Å². The van der Waals surface area contributed by atoms with Gasteiger partial charge in [0.15, 0.2) is 16.6 Å². The van der Waals surface area contributed by atoms with Crippen molar-refractivity contribution in [3.8, 4) is 22.5 Å². The second-order valence-corrected chi connectivity index (χ2v) is 7.67. The Balaban J connectivity index is 1.61. The summed E-state index contributed by atoms with van der Waals surface area (Å²) in [5, 5.41) is 18.4. The van der Waals surface area contributed by atoms with Gasteiger partial charge in [-0.3, -0.25) is 0 Å². The number of aromatic amines is 1. The summed E-state index contributed by atoms with van der Waals surface area (Å²) in [4.78, 5) is 17.6. The van der Waals surface area contributed by atoms with Gasteiger partial charge >= 0.3 is 4.97 Å². The average molecular weight is 450 g/mol. The van der Waals surface area contributed by atoms with Gasteiger partial charge in [-0.2, -0.15) is 5.21 Å². The maximum Gasteiger partial charge on any atom is 0.388 e. The van der Waals surface area contributed by atoms with Crippen molar-refractivity contribution in [1.29, 1.82) is 0 Å². The van der Waals surface area contributed by atoms with Crippen LogP contribution >= 0.6 is 11.6 Å². The lowest BCUT2D eigenvalue weighted by molar-refractivity contribution is 0.678. The molecule has 0 saturated carbocycles. The minimum absolute atomic E-state index is 0.0836. The predicted molar refractivity (Wildman–Crippen MR) is 122 cm³/mol. The van der Waals surface area contributed by atoms with Crippen LogP contribution in [0.1, 0.15) is 36.8 Å². The number of hydrogen-bond donors (Lipinski definition) is 1. The molecule has 0 radical (unpaired) electrons. The summed E-state index contributed by atoms with van der Waals surface area (Å²) in [5.41, 5.74) is 4.64. The van der Waals surface area contributed by atoms with Crippen molar-refractivity contribution in [1.82, 2.24) is 35.1 Å². The van der Waals surface area contributed by atoms with Crippen molar-refractivity contribution in [2.75, 3.05) is 0 Å². The number of aryl methyl sites for hydroxylation is 1. The van der Waals surface area contributed by atoms with Crippen molar-refractivity contribution >= 4 is 11.6 Å². The Hall–Kier alpha value is -3.68. The van der Waals surface area contributed by atoms with E-state index < -0.39 is 0 Å². The third kappa shape index (κ3) is 4.64.